The Morgan fingerprint density at radius 3 is 2.62 bits per heavy atom. The van der Waals surface area contributed by atoms with Crippen molar-refractivity contribution in [2.45, 2.75) is 6.54 Å². The summed E-state index contributed by atoms with van der Waals surface area (Å²) in [5.74, 6) is 0.551. The molecule has 0 bridgehead atoms. The van der Waals surface area contributed by atoms with Crippen molar-refractivity contribution in [3.05, 3.63) is 45.4 Å². The van der Waals surface area contributed by atoms with Gasteiger partial charge >= 0.3 is 0 Å². The average Bonchev–Trinajstić information content (AvgIpc) is 3.08. The molecule has 1 aromatic carbocycles. The fourth-order valence-corrected chi connectivity index (χ4v) is 3.58. The normalized spacial score (nSPS) is 15.3. The first-order valence-electron chi connectivity index (χ1n) is 7.27. The quantitative estimate of drug-likeness (QED) is 0.399. The minimum absolute atomic E-state index is 0. The molecule has 1 saturated heterocycles. The van der Waals surface area contributed by atoms with Gasteiger partial charge in [0.05, 0.1) is 6.54 Å². The third kappa shape index (κ3) is 4.87. The number of aliphatic imine (C=N–C) groups is 1. The molecule has 3 rings (SSSR count). The molecular weight excluding hydrogens is 480 g/mol. The van der Waals surface area contributed by atoms with Gasteiger partial charge in [-0.1, -0.05) is 29.3 Å². The zero-order valence-electron chi connectivity index (χ0n) is 12.9. The summed E-state index contributed by atoms with van der Waals surface area (Å²) in [4.78, 5) is 13.2. The zero-order valence-corrected chi connectivity index (χ0v) is 17.5. The van der Waals surface area contributed by atoms with E-state index in [1.807, 2.05) is 17.6 Å². The second-order valence-corrected chi connectivity index (χ2v) is 6.92. The van der Waals surface area contributed by atoms with Crippen molar-refractivity contribution < 1.29 is 0 Å². The second kappa shape index (κ2) is 9.07. The van der Waals surface area contributed by atoms with Gasteiger partial charge in [0.15, 0.2) is 11.1 Å². The van der Waals surface area contributed by atoms with Crippen molar-refractivity contribution in [3.63, 3.8) is 0 Å². The molecule has 0 saturated carbocycles. The number of rotatable bonds is 3. The molecule has 24 heavy (non-hydrogen) atoms. The SMILES string of the molecule is I.NC(=NCc1ccc(Cl)cc1Cl)N1CCN(c2nccs2)CC1. The minimum Gasteiger partial charge on any atom is -0.370 e. The van der Waals surface area contributed by atoms with Gasteiger partial charge in [0, 0.05) is 47.8 Å². The van der Waals surface area contributed by atoms with Crippen molar-refractivity contribution in [1.82, 2.24) is 9.88 Å². The van der Waals surface area contributed by atoms with Crippen molar-refractivity contribution in [2.24, 2.45) is 10.7 Å². The lowest BCUT2D eigenvalue weighted by molar-refractivity contribution is 0.380. The Balaban J connectivity index is 0.00000208. The highest BCUT2D eigenvalue weighted by molar-refractivity contribution is 14.0. The van der Waals surface area contributed by atoms with Crippen LogP contribution in [0, 0.1) is 0 Å². The number of guanidine groups is 1. The summed E-state index contributed by atoms with van der Waals surface area (Å²) < 4.78 is 0. The van der Waals surface area contributed by atoms with Crippen LogP contribution < -0.4 is 10.6 Å². The molecule has 1 aliphatic heterocycles. The lowest BCUT2D eigenvalue weighted by Crippen LogP contribution is -2.51. The van der Waals surface area contributed by atoms with Crippen LogP contribution in [0.1, 0.15) is 5.56 Å². The molecule has 1 aromatic heterocycles. The van der Waals surface area contributed by atoms with E-state index in [1.54, 1.807) is 23.5 Å². The van der Waals surface area contributed by atoms with Crippen molar-refractivity contribution in [3.8, 4) is 0 Å². The topological polar surface area (TPSA) is 57.8 Å². The number of anilines is 1. The van der Waals surface area contributed by atoms with Crippen LogP contribution in [0.3, 0.4) is 0 Å². The number of piperazine rings is 1. The summed E-state index contributed by atoms with van der Waals surface area (Å²) in [5.41, 5.74) is 7.03. The summed E-state index contributed by atoms with van der Waals surface area (Å²) in [6.45, 7) is 3.91. The molecule has 0 aliphatic carbocycles. The van der Waals surface area contributed by atoms with Crippen LogP contribution in [0.25, 0.3) is 0 Å². The standard InChI is InChI=1S/C15H17Cl2N5S.HI/c16-12-2-1-11(13(17)9-12)10-20-14(18)21-4-6-22(7-5-21)15-19-3-8-23-15;/h1-3,8-9H,4-7,10H2,(H2,18,20);1H. The first-order chi connectivity index (χ1) is 11.1. The molecular formula is C15H18Cl2IN5S. The zero-order chi connectivity index (χ0) is 16.2. The van der Waals surface area contributed by atoms with Crippen LogP contribution in [-0.4, -0.2) is 42.0 Å². The van der Waals surface area contributed by atoms with Gasteiger partial charge in [-0.15, -0.1) is 35.3 Å². The van der Waals surface area contributed by atoms with Crippen molar-refractivity contribution in [1.29, 1.82) is 0 Å². The van der Waals surface area contributed by atoms with Gasteiger partial charge in [0.2, 0.25) is 0 Å². The molecule has 2 N–H and O–H groups in total. The van der Waals surface area contributed by atoms with E-state index in [1.165, 1.54) is 0 Å². The Kier molecular flexibility index (Phi) is 7.39. The van der Waals surface area contributed by atoms with Crippen LogP contribution in [0.5, 0.6) is 0 Å². The van der Waals surface area contributed by atoms with E-state index in [0.717, 1.165) is 36.9 Å². The van der Waals surface area contributed by atoms with E-state index >= 15 is 0 Å². The first-order valence-corrected chi connectivity index (χ1v) is 8.90. The number of thiazole rings is 1. The molecule has 1 aliphatic rings. The number of halogens is 3. The molecule has 5 nitrogen and oxygen atoms in total. The lowest BCUT2D eigenvalue weighted by Gasteiger charge is -2.35. The average molecular weight is 498 g/mol. The van der Waals surface area contributed by atoms with Crippen LogP contribution in [0.15, 0.2) is 34.8 Å². The lowest BCUT2D eigenvalue weighted by atomic mass is 10.2. The summed E-state index contributed by atoms with van der Waals surface area (Å²) in [5, 5.41) is 4.29. The Bertz CT molecular complexity index is 687. The largest absolute Gasteiger partial charge is 0.370 e. The fraction of sp³-hybridized carbons (Fsp3) is 0.333. The summed E-state index contributed by atoms with van der Waals surface area (Å²) in [7, 11) is 0. The Morgan fingerprint density at radius 2 is 2.00 bits per heavy atom. The summed E-state index contributed by atoms with van der Waals surface area (Å²) in [6, 6.07) is 5.40. The number of hydrogen-bond donors (Lipinski definition) is 1. The highest BCUT2D eigenvalue weighted by atomic mass is 127. The third-order valence-corrected chi connectivity index (χ3v) is 5.14. The molecule has 2 heterocycles. The van der Waals surface area contributed by atoms with Gasteiger partial charge in [0.25, 0.3) is 0 Å². The maximum atomic E-state index is 6.15. The third-order valence-electron chi connectivity index (χ3n) is 3.72. The van der Waals surface area contributed by atoms with Crippen LogP contribution >= 0.6 is 58.5 Å². The summed E-state index contributed by atoms with van der Waals surface area (Å²) in [6.07, 6.45) is 1.83. The van der Waals surface area contributed by atoms with Gasteiger partial charge in [-0.2, -0.15) is 0 Å². The molecule has 0 spiro atoms. The van der Waals surface area contributed by atoms with Crippen molar-refractivity contribution in [2.75, 3.05) is 31.1 Å². The van der Waals surface area contributed by atoms with Crippen LogP contribution in [0.4, 0.5) is 5.13 Å². The van der Waals surface area contributed by atoms with E-state index in [4.69, 9.17) is 28.9 Å². The molecule has 0 unspecified atom stereocenters. The first kappa shape index (κ1) is 19.6. The van der Waals surface area contributed by atoms with E-state index in [0.29, 0.717) is 22.5 Å². The summed E-state index contributed by atoms with van der Waals surface area (Å²) >= 11 is 13.7. The number of aromatic nitrogens is 1. The number of benzene rings is 1. The highest BCUT2D eigenvalue weighted by Gasteiger charge is 2.19. The fourth-order valence-electron chi connectivity index (χ4n) is 2.42. The Hall–Kier alpha value is -0.770. The van der Waals surface area contributed by atoms with Gasteiger partial charge < -0.3 is 15.5 Å². The molecule has 1 fully saturated rings. The van der Waals surface area contributed by atoms with Crippen LogP contribution in [-0.2, 0) is 6.54 Å². The molecule has 0 radical (unpaired) electrons. The number of hydrogen-bond acceptors (Lipinski definition) is 4. The van der Waals surface area contributed by atoms with E-state index in [-0.39, 0.29) is 24.0 Å². The van der Waals surface area contributed by atoms with Gasteiger partial charge in [0.1, 0.15) is 0 Å². The van der Waals surface area contributed by atoms with E-state index in [2.05, 4.69) is 19.8 Å². The van der Waals surface area contributed by atoms with Gasteiger partial charge in [-0.05, 0) is 17.7 Å². The number of nitrogens with two attached hydrogens (primary N) is 1. The number of nitrogens with zero attached hydrogens (tertiary/aromatic N) is 4. The van der Waals surface area contributed by atoms with Gasteiger partial charge in [-0.25, -0.2) is 9.98 Å². The molecule has 0 amide bonds. The highest BCUT2D eigenvalue weighted by Crippen LogP contribution is 2.22. The maximum absolute atomic E-state index is 6.15. The molecule has 2 aromatic rings. The van der Waals surface area contributed by atoms with Gasteiger partial charge in [-0.3, -0.25) is 0 Å². The van der Waals surface area contributed by atoms with E-state index < -0.39 is 0 Å². The molecule has 0 atom stereocenters. The van der Waals surface area contributed by atoms with Crippen molar-refractivity contribution >= 4 is 69.6 Å². The minimum atomic E-state index is 0. The Morgan fingerprint density at radius 1 is 1.25 bits per heavy atom. The maximum Gasteiger partial charge on any atom is 0.191 e. The second-order valence-electron chi connectivity index (χ2n) is 5.20. The predicted molar refractivity (Wildman–Crippen MR) is 113 cm³/mol. The van der Waals surface area contributed by atoms with E-state index in [9.17, 15) is 0 Å². The smallest absolute Gasteiger partial charge is 0.191 e. The molecule has 9 heteroatoms. The van der Waals surface area contributed by atoms with Crippen LogP contribution in [0.2, 0.25) is 10.0 Å². The molecule has 130 valence electrons. The Labute approximate surface area is 172 Å². The monoisotopic (exact) mass is 497 g/mol. The predicted octanol–water partition coefficient (Wildman–Crippen LogP) is 3.70.